The summed E-state index contributed by atoms with van der Waals surface area (Å²) >= 11 is 0. The topological polar surface area (TPSA) is 179 Å². The van der Waals surface area contributed by atoms with Crippen LogP contribution in [-0.2, 0) is 4.79 Å². The minimum atomic E-state index is -2.72. The Kier molecular flexibility index (Phi) is 6.80. The second kappa shape index (κ2) is 7.10. The molecule has 0 saturated carbocycles. The number of carboxylic acid groups (broad SMARTS) is 1. The highest BCUT2D eigenvalue weighted by atomic mass is 16.4. The lowest BCUT2D eigenvalue weighted by Crippen LogP contribution is -2.60. The van der Waals surface area contributed by atoms with Gasteiger partial charge in [0.1, 0.15) is 30.5 Å². The molecule has 0 radical (unpaired) electrons. The number of aliphatic hydroxyl groups excluding tert-OH is 6. The Morgan fingerprint density at radius 2 is 1.53 bits per heavy atom. The third-order valence-corrected chi connectivity index (χ3v) is 3.00. The second-order valence-electron chi connectivity index (χ2n) is 4.25. The predicted octanol–water partition coefficient (Wildman–Crippen LogP) is -3.99. The Balaban J connectivity index is 4.99. The number of hydrogen-bond donors (Lipinski definition) is 8. The molecule has 0 aliphatic heterocycles. The maximum Gasteiger partial charge on any atom is 0.338 e. The summed E-state index contributed by atoms with van der Waals surface area (Å²) in [6.45, 7) is 0.313. The van der Waals surface area contributed by atoms with Crippen LogP contribution in [-0.4, -0.2) is 89.5 Å². The van der Waals surface area contributed by atoms with Crippen LogP contribution < -0.4 is 0 Å². The third kappa shape index (κ3) is 3.83. The van der Waals surface area contributed by atoms with Gasteiger partial charge in [-0.05, 0) is 6.42 Å². The van der Waals surface area contributed by atoms with E-state index in [1.165, 1.54) is 6.92 Å². The first-order chi connectivity index (χ1) is 8.63. The van der Waals surface area contributed by atoms with Crippen molar-refractivity contribution in [1.82, 2.24) is 0 Å². The Morgan fingerprint density at radius 1 is 1.05 bits per heavy atom. The van der Waals surface area contributed by atoms with E-state index in [0.717, 1.165) is 0 Å². The van der Waals surface area contributed by atoms with Crippen molar-refractivity contribution in [3.8, 4) is 0 Å². The Morgan fingerprint density at radius 3 is 1.84 bits per heavy atom. The van der Waals surface area contributed by atoms with Crippen LogP contribution in [0.2, 0.25) is 0 Å². The van der Waals surface area contributed by atoms with Gasteiger partial charge in [0.25, 0.3) is 0 Å². The van der Waals surface area contributed by atoms with Crippen molar-refractivity contribution in [1.29, 1.82) is 0 Å². The molecule has 9 nitrogen and oxygen atoms in total. The minimum Gasteiger partial charge on any atom is -0.479 e. The fourth-order valence-electron chi connectivity index (χ4n) is 1.49. The zero-order chi connectivity index (χ0) is 15.4. The normalized spacial score (nSPS) is 22.9. The van der Waals surface area contributed by atoms with Crippen molar-refractivity contribution < 1.29 is 45.6 Å². The summed E-state index contributed by atoms with van der Waals surface area (Å²) in [6.07, 6.45) is -11.0. The van der Waals surface area contributed by atoms with E-state index in [1.807, 2.05) is 0 Å². The molecule has 0 aromatic carbocycles. The highest BCUT2D eigenvalue weighted by Crippen LogP contribution is 2.22. The van der Waals surface area contributed by atoms with Crippen molar-refractivity contribution in [3.63, 3.8) is 0 Å². The highest BCUT2D eigenvalue weighted by molar-refractivity contribution is 5.78. The second-order valence-corrected chi connectivity index (χ2v) is 4.25. The van der Waals surface area contributed by atoms with E-state index in [1.54, 1.807) is 0 Å². The monoisotopic (exact) mass is 284 g/mol. The quantitative estimate of drug-likeness (QED) is 0.220. The van der Waals surface area contributed by atoms with Gasteiger partial charge in [0.2, 0.25) is 0 Å². The van der Waals surface area contributed by atoms with Crippen molar-refractivity contribution in [2.75, 3.05) is 6.61 Å². The van der Waals surface area contributed by atoms with Gasteiger partial charge in [-0.1, -0.05) is 6.92 Å². The summed E-state index contributed by atoms with van der Waals surface area (Å²) in [5.74, 6) is -1.81. The molecule has 6 unspecified atom stereocenters. The molecule has 0 aliphatic rings. The van der Waals surface area contributed by atoms with Crippen LogP contribution in [0.3, 0.4) is 0 Å². The fourth-order valence-corrected chi connectivity index (χ4v) is 1.49. The number of aliphatic hydroxyl groups is 7. The van der Waals surface area contributed by atoms with Crippen LogP contribution in [0, 0.1) is 0 Å². The number of rotatable bonds is 8. The smallest absolute Gasteiger partial charge is 0.338 e. The SMILES string of the molecule is CCC(O)(C(=O)O)C(O)C(O)C(O)C(O)C(O)CO. The van der Waals surface area contributed by atoms with E-state index in [2.05, 4.69) is 0 Å². The largest absolute Gasteiger partial charge is 0.479 e. The van der Waals surface area contributed by atoms with E-state index in [9.17, 15) is 30.3 Å². The van der Waals surface area contributed by atoms with E-state index in [-0.39, 0.29) is 0 Å². The first-order valence-electron chi connectivity index (χ1n) is 5.60. The molecular formula is C10H20O9. The molecule has 0 aliphatic carbocycles. The van der Waals surface area contributed by atoms with Crippen molar-refractivity contribution in [2.45, 2.75) is 49.5 Å². The first kappa shape index (κ1) is 18.2. The van der Waals surface area contributed by atoms with Gasteiger partial charge in [-0.25, -0.2) is 4.79 Å². The predicted molar refractivity (Wildman–Crippen MR) is 60.0 cm³/mol. The van der Waals surface area contributed by atoms with E-state index in [0.29, 0.717) is 0 Å². The summed E-state index contributed by atoms with van der Waals surface area (Å²) in [5.41, 5.74) is -2.72. The summed E-state index contributed by atoms with van der Waals surface area (Å²) in [4.78, 5) is 10.8. The third-order valence-electron chi connectivity index (χ3n) is 3.00. The van der Waals surface area contributed by atoms with Crippen LogP contribution in [0.15, 0.2) is 0 Å². The zero-order valence-corrected chi connectivity index (χ0v) is 10.3. The molecule has 0 heterocycles. The molecule has 0 aromatic heterocycles. The lowest BCUT2D eigenvalue weighted by Gasteiger charge is -2.34. The molecule has 0 rings (SSSR count). The molecule has 0 spiro atoms. The molecule has 0 saturated heterocycles. The van der Waals surface area contributed by atoms with Crippen molar-refractivity contribution >= 4 is 5.97 Å². The summed E-state index contributed by atoms with van der Waals surface area (Å²) in [7, 11) is 0. The van der Waals surface area contributed by atoms with Crippen LogP contribution in [0.4, 0.5) is 0 Å². The molecule has 0 amide bonds. The summed E-state index contributed by atoms with van der Waals surface area (Å²) < 4.78 is 0. The van der Waals surface area contributed by atoms with Crippen molar-refractivity contribution in [3.05, 3.63) is 0 Å². The van der Waals surface area contributed by atoms with Gasteiger partial charge < -0.3 is 40.9 Å². The number of aliphatic carboxylic acids is 1. The maximum absolute atomic E-state index is 10.8. The average Bonchev–Trinajstić information content (AvgIpc) is 2.41. The standard InChI is InChI=1S/C10H20O9/c1-2-10(19,9(17)18)8(16)7(15)6(14)5(13)4(12)3-11/h4-8,11-16,19H,2-3H2,1H3,(H,17,18). The summed E-state index contributed by atoms with van der Waals surface area (Å²) in [5, 5.41) is 74.0. The van der Waals surface area contributed by atoms with E-state index >= 15 is 0 Å². The molecule has 0 aromatic rings. The summed E-state index contributed by atoms with van der Waals surface area (Å²) in [6, 6.07) is 0. The van der Waals surface area contributed by atoms with Gasteiger partial charge in [0, 0.05) is 0 Å². The van der Waals surface area contributed by atoms with Crippen molar-refractivity contribution in [2.24, 2.45) is 0 Å². The molecule has 9 heteroatoms. The molecule has 19 heavy (non-hydrogen) atoms. The lowest BCUT2D eigenvalue weighted by molar-refractivity contribution is -0.200. The molecule has 6 atom stereocenters. The van der Waals surface area contributed by atoms with E-state index < -0.39 is 55.1 Å². The zero-order valence-electron chi connectivity index (χ0n) is 10.3. The number of carboxylic acids is 1. The average molecular weight is 284 g/mol. The minimum absolute atomic E-state index is 0.466. The Hall–Kier alpha value is -0.810. The molecule has 8 N–H and O–H groups in total. The van der Waals surface area contributed by atoms with Crippen LogP contribution >= 0.6 is 0 Å². The van der Waals surface area contributed by atoms with Gasteiger partial charge in [-0.3, -0.25) is 0 Å². The fraction of sp³-hybridized carbons (Fsp3) is 0.900. The van der Waals surface area contributed by atoms with Crippen LogP contribution in [0.25, 0.3) is 0 Å². The molecular weight excluding hydrogens is 264 g/mol. The van der Waals surface area contributed by atoms with Gasteiger partial charge >= 0.3 is 5.97 Å². The van der Waals surface area contributed by atoms with Crippen LogP contribution in [0.5, 0.6) is 0 Å². The first-order valence-corrected chi connectivity index (χ1v) is 5.60. The van der Waals surface area contributed by atoms with Gasteiger partial charge in [-0.2, -0.15) is 0 Å². The van der Waals surface area contributed by atoms with E-state index in [4.69, 9.17) is 15.3 Å². The van der Waals surface area contributed by atoms with Gasteiger partial charge in [0.15, 0.2) is 5.60 Å². The van der Waals surface area contributed by atoms with Gasteiger partial charge in [0.05, 0.1) is 6.61 Å². The van der Waals surface area contributed by atoms with Gasteiger partial charge in [-0.15, -0.1) is 0 Å². The maximum atomic E-state index is 10.8. The van der Waals surface area contributed by atoms with Crippen LogP contribution in [0.1, 0.15) is 13.3 Å². The number of carbonyl (C=O) groups is 1. The lowest BCUT2D eigenvalue weighted by atomic mass is 9.86. The molecule has 0 bridgehead atoms. The molecule has 114 valence electrons. The Labute approximate surface area is 109 Å². The highest BCUT2D eigenvalue weighted by Gasteiger charge is 2.48. The molecule has 0 fully saturated rings. The number of hydrogen-bond acceptors (Lipinski definition) is 8. The Bertz CT molecular complexity index is 297.